The average molecular weight is 434 g/mol. The van der Waals surface area contributed by atoms with Crippen LogP contribution in [0.4, 0.5) is 14.7 Å². The van der Waals surface area contributed by atoms with Crippen LogP contribution in [0, 0.1) is 0 Å². The first-order chi connectivity index (χ1) is 14.4. The molecule has 0 bridgehead atoms. The lowest BCUT2D eigenvalue weighted by Crippen LogP contribution is -2.16. The molecule has 11 heteroatoms. The number of rotatable bonds is 7. The Bertz CT molecular complexity index is 1170. The summed E-state index contributed by atoms with van der Waals surface area (Å²) in [5, 5.41) is 17.9. The van der Waals surface area contributed by atoms with Crippen molar-refractivity contribution in [2.45, 2.75) is 26.0 Å². The smallest absolute Gasteiger partial charge is 0.257 e. The fourth-order valence-corrected chi connectivity index (χ4v) is 3.19. The van der Waals surface area contributed by atoms with E-state index in [2.05, 4.69) is 30.4 Å². The maximum absolute atomic E-state index is 13.0. The number of hydrogen-bond donors (Lipinski definition) is 3. The Balaban J connectivity index is 1.79. The quantitative estimate of drug-likeness (QED) is 0.411. The van der Waals surface area contributed by atoms with Crippen LogP contribution in [0.1, 0.15) is 6.92 Å². The summed E-state index contributed by atoms with van der Waals surface area (Å²) in [7, 11) is 0. The Morgan fingerprint density at radius 1 is 1.33 bits per heavy atom. The van der Waals surface area contributed by atoms with E-state index in [1.807, 2.05) is 0 Å². The van der Waals surface area contributed by atoms with Gasteiger partial charge in [0.15, 0.2) is 0 Å². The van der Waals surface area contributed by atoms with Crippen LogP contribution in [0.25, 0.3) is 33.5 Å². The van der Waals surface area contributed by atoms with E-state index >= 15 is 0 Å². The molecule has 0 aliphatic carbocycles. The highest BCUT2D eigenvalue weighted by Gasteiger charge is 2.18. The molecule has 4 aromatic rings. The van der Waals surface area contributed by atoms with E-state index in [9.17, 15) is 13.9 Å². The molecule has 0 aromatic carbocycles. The average Bonchev–Trinajstić information content (AvgIpc) is 3.30. The Kier molecular flexibility index (Phi) is 5.60. The minimum absolute atomic E-state index is 0.271. The lowest BCUT2D eigenvalue weighted by Gasteiger charge is -2.08. The molecule has 0 amide bonds. The van der Waals surface area contributed by atoms with Crippen molar-refractivity contribution >= 4 is 28.6 Å². The van der Waals surface area contributed by atoms with Gasteiger partial charge in [-0.3, -0.25) is 4.68 Å². The zero-order chi connectivity index (χ0) is 21.3. The topological polar surface area (TPSA) is 105 Å². The molecule has 0 saturated carbocycles. The van der Waals surface area contributed by atoms with Crippen LogP contribution in [0.3, 0.4) is 0 Å². The lowest BCUT2D eigenvalue weighted by atomic mass is 10.1. The van der Waals surface area contributed by atoms with Crippen LogP contribution in [-0.4, -0.2) is 53.9 Å². The predicted octanol–water partition coefficient (Wildman–Crippen LogP) is 3.59. The van der Waals surface area contributed by atoms with E-state index in [-0.39, 0.29) is 6.54 Å². The van der Waals surface area contributed by atoms with Crippen LogP contribution < -0.4 is 5.32 Å². The Labute approximate surface area is 175 Å². The summed E-state index contributed by atoms with van der Waals surface area (Å²) in [5.41, 5.74) is 2.72. The summed E-state index contributed by atoms with van der Waals surface area (Å²) in [6, 6.07) is 3.46. The van der Waals surface area contributed by atoms with Gasteiger partial charge in [-0.05, 0) is 19.1 Å². The Morgan fingerprint density at radius 2 is 2.17 bits per heavy atom. The minimum Gasteiger partial charge on any atom is -0.392 e. The number of hydrogen-bond acceptors (Lipinski definition) is 6. The number of nitrogens with one attached hydrogen (secondary N) is 2. The number of fused-ring (bicyclic) bond motifs is 1. The summed E-state index contributed by atoms with van der Waals surface area (Å²) in [6.45, 7) is 1.36. The second kappa shape index (κ2) is 8.33. The molecule has 0 unspecified atom stereocenters. The normalized spacial score (nSPS) is 12.6. The van der Waals surface area contributed by atoms with Gasteiger partial charge in [0.05, 0.1) is 16.8 Å². The molecule has 3 N–H and O–H groups in total. The molecule has 4 aromatic heterocycles. The molecular formula is C19H18ClF2N7O. The first-order valence-electron chi connectivity index (χ1n) is 9.14. The van der Waals surface area contributed by atoms with Gasteiger partial charge in [-0.25, -0.2) is 23.7 Å². The molecular weight excluding hydrogens is 416 g/mol. The highest BCUT2D eigenvalue weighted by Crippen LogP contribution is 2.33. The fourth-order valence-electron chi connectivity index (χ4n) is 2.99. The van der Waals surface area contributed by atoms with Gasteiger partial charge in [-0.15, -0.1) is 0 Å². The number of pyridine rings is 1. The van der Waals surface area contributed by atoms with Crippen molar-refractivity contribution in [3.8, 4) is 22.5 Å². The van der Waals surface area contributed by atoms with Crippen molar-refractivity contribution in [3.63, 3.8) is 0 Å². The van der Waals surface area contributed by atoms with E-state index in [1.54, 1.807) is 37.6 Å². The monoisotopic (exact) mass is 433 g/mol. The number of aliphatic hydroxyl groups excluding tert-OH is 1. The van der Waals surface area contributed by atoms with Gasteiger partial charge in [0.2, 0.25) is 5.95 Å². The largest absolute Gasteiger partial charge is 0.392 e. The SMILES string of the molecule is C[C@H](O)CNc1nccc(-c2cn(CC(F)F)nc2-c2cnc3[nH]cc(Cl)c3c2)n1. The number of aromatic amines is 1. The van der Waals surface area contributed by atoms with Crippen molar-refractivity contribution < 1.29 is 13.9 Å². The van der Waals surface area contributed by atoms with Crippen molar-refractivity contribution in [2.24, 2.45) is 0 Å². The second-order valence-electron chi connectivity index (χ2n) is 6.76. The van der Waals surface area contributed by atoms with E-state index in [1.165, 1.54) is 10.9 Å². The van der Waals surface area contributed by atoms with Crippen LogP contribution >= 0.6 is 11.6 Å². The lowest BCUT2D eigenvalue weighted by molar-refractivity contribution is 0.122. The molecule has 0 aliphatic heterocycles. The highest BCUT2D eigenvalue weighted by molar-refractivity contribution is 6.35. The molecule has 0 aliphatic rings. The summed E-state index contributed by atoms with van der Waals surface area (Å²) < 4.78 is 27.1. The maximum atomic E-state index is 13.0. The van der Waals surface area contributed by atoms with Crippen molar-refractivity contribution in [3.05, 3.63) is 41.9 Å². The van der Waals surface area contributed by atoms with E-state index in [4.69, 9.17) is 11.6 Å². The van der Waals surface area contributed by atoms with Crippen LogP contribution in [0.5, 0.6) is 0 Å². The van der Waals surface area contributed by atoms with Gasteiger partial charge in [0, 0.05) is 47.8 Å². The number of aliphatic hydroxyl groups is 1. The molecule has 4 heterocycles. The molecule has 0 fully saturated rings. The van der Waals surface area contributed by atoms with Crippen molar-refractivity contribution in [1.29, 1.82) is 0 Å². The van der Waals surface area contributed by atoms with Crippen LogP contribution in [0.2, 0.25) is 5.02 Å². The standard InChI is InChI=1S/C19H18ClF2N7O/c1-10(30)5-26-19-23-3-2-15(27-19)13-8-29(9-16(21)22)28-17(13)11-4-12-14(20)7-25-18(12)24-6-11/h2-4,6-8,10,16,30H,5,9H2,1H3,(H,24,25)(H,23,26,27)/t10-/m0/s1. The number of H-pyrrole nitrogens is 1. The van der Waals surface area contributed by atoms with E-state index in [0.29, 0.717) is 44.5 Å². The molecule has 0 spiro atoms. The third-order valence-corrected chi connectivity index (χ3v) is 4.64. The predicted molar refractivity (Wildman–Crippen MR) is 110 cm³/mol. The summed E-state index contributed by atoms with van der Waals surface area (Å²) in [4.78, 5) is 15.9. The van der Waals surface area contributed by atoms with Gasteiger partial charge in [-0.1, -0.05) is 11.6 Å². The maximum Gasteiger partial charge on any atom is 0.257 e. The zero-order valence-corrected chi connectivity index (χ0v) is 16.6. The van der Waals surface area contributed by atoms with Gasteiger partial charge in [-0.2, -0.15) is 5.10 Å². The van der Waals surface area contributed by atoms with Crippen molar-refractivity contribution in [1.82, 2.24) is 29.7 Å². The molecule has 4 rings (SSSR count). The first-order valence-corrected chi connectivity index (χ1v) is 9.52. The first kappa shape index (κ1) is 20.2. The second-order valence-corrected chi connectivity index (χ2v) is 7.16. The fraction of sp³-hybridized carbons (Fsp3) is 0.263. The van der Waals surface area contributed by atoms with Crippen molar-refractivity contribution in [2.75, 3.05) is 11.9 Å². The summed E-state index contributed by atoms with van der Waals surface area (Å²) >= 11 is 6.20. The molecule has 1 atom stereocenters. The van der Waals surface area contributed by atoms with E-state index in [0.717, 1.165) is 0 Å². The molecule has 8 nitrogen and oxygen atoms in total. The van der Waals surface area contributed by atoms with Crippen LogP contribution in [-0.2, 0) is 6.54 Å². The summed E-state index contributed by atoms with van der Waals surface area (Å²) in [6.07, 6.45) is 3.16. The minimum atomic E-state index is -2.56. The third kappa shape index (κ3) is 4.24. The van der Waals surface area contributed by atoms with Gasteiger partial charge in [0.25, 0.3) is 6.43 Å². The van der Waals surface area contributed by atoms with Gasteiger partial charge >= 0.3 is 0 Å². The van der Waals surface area contributed by atoms with Gasteiger partial charge in [0.1, 0.15) is 17.9 Å². The summed E-state index contributed by atoms with van der Waals surface area (Å²) in [5.74, 6) is 0.309. The van der Waals surface area contributed by atoms with Gasteiger partial charge < -0.3 is 15.4 Å². The van der Waals surface area contributed by atoms with E-state index < -0.39 is 19.1 Å². The molecule has 156 valence electrons. The zero-order valence-electron chi connectivity index (χ0n) is 15.9. The Morgan fingerprint density at radius 3 is 2.93 bits per heavy atom. The Hall–Kier alpha value is -3.11. The van der Waals surface area contributed by atoms with Crippen LogP contribution in [0.15, 0.2) is 36.9 Å². The number of nitrogens with zero attached hydrogens (tertiary/aromatic N) is 5. The number of anilines is 1. The number of halogens is 3. The highest BCUT2D eigenvalue weighted by atomic mass is 35.5. The molecule has 0 radical (unpaired) electrons. The molecule has 0 saturated heterocycles. The number of aromatic nitrogens is 6. The number of alkyl halides is 2. The molecule has 30 heavy (non-hydrogen) atoms. The third-order valence-electron chi connectivity index (χ3n) is 4.33.